The molecule has 0 saturated heterocycles. The summed E-state index contributed by atoms with van der Waals surface area (Å²) in [5, 5.41) is 0.706. The van der Waals surface area contributed by atoms with Crippen LogP contribution in [0.1, 0.15) is 15.9 Å². The summed E-state index contributed by atoms with van der Waals surface area (Å²) in [5.74, 6) is -0.308. The number of hydrogen-bond acceptors (Lipinski definition) is 3. The molecule has 20 heavy (non-hydrogen) atoms. The van der Waals surface area contributed by atoms with Crippen molar-refractivity contribution >= 4 is 38.8 Å². The van der Waals surface area contributed by atoms with Crippen LogP contribution in [0, 0.1) is 0 Å². The van der Waals surface area contributed by atoms with Crippen molar-refractivity contribution in [1.29, 1.82) is 0 Å². The van der Waals surface area contributed by atoms with Crippen molar-refractivity contribution in [2.45, 2.75) is 4.90 Å². The smallest absolute Gasteiger partial charge is 0.194 e. The Bertz CT molecular complexity index is 766. The summed E-state index contributed by atoms with van der Waals surface area (Å²) in [6.45, 7) is 0. The highest BCUT2D eigenvalue weighted by atomic mass is 35.5. The van der Waals surface area contributed by atoms with E-state index in [4.69, 9.17) is 23.2 Å². The van der Waals surface area contributed by atoms with Gasteiger partial charge in [0.05, 0.1) is 9.92 Å². The van der Waals surface area contributed by atoms with Gasteiger partial charge in [-0.2, -0.15) is 0 Å². The Balaban J connectivity index is 2.42. The minimum absolute atomic E-state index is 0.159. The molecule has 0 aliphatic heterocycles. The molecule has 0 radical (unpaired) electrons. The lowest BCUT2D eigenvalue weighted by atomic mass is 10.0. The molecule has 0 unspecified atom stereocenters. The van der Waals surface area contributed by atoms with E-state index in [1.54, 1.807) is 12.1 Å². The van der Waals surface area contributed by atoms with E-state index >= 15 is 0 Å². The topological polar surface area (TPSA) is 51.2 Å². The number of rotatable bonds is 3. The van der Waals surface area contributed by atoms with Crippen molar-refractivity contribution in [2.24, 2.45) is 0 Å². The SMILES string of the molecule is CS(=O)(=O)c1ccc(C(=O)c2cc(Cl)ccc2Cl)cc1. The molecule has 104 valence electrons. The Morgan fingerprint density at radius 3 is 2.15 bits per heavy atom. The lowest BCUT2D eigenvalue weighted by molar-refractivity contribution is 0.103. The maximum absolute atomic E-state index is 12.3. The molecule has 0 spiro atoms. The molecule has 2 aromatic carbocycles. The molecule has 0 atom stereocenters. The molecule has 0 amide bonds. The lowest BCUT2D eigenvalue weighted by Crippen LogP contribution is -2.03. The van der Waals surface area contributed by atoms with Crippen LogP contribution in [0.25, 0.3) is 0 Å². The molecule has 0 heterocycles. The van der Waals surface area contributed by atoms with E-state index in [1.807, 2.05) is 0 Å². The van der Waals surface area contributed by atoms with E-state index in [1.165, 1.54) is 30.3 Å². The van der Waals surface area contributed by atoms with Gasteiger partial charge in [0.2, 0.25) is 0 Å². The van der Waals surface area contributed by atoms with Gasteiger partial charge in [-0.15, -0.1) is 0 Å². The van der Waals surface area contributed by atoms with Gasteiger partial charge in [0.25, 0.3) is 0 Å². The van der Waals surface area contributed by atoms with E-state index in [2.05, 4.69) is 0 Å². The molecule has 0 bridgehead atoms. The van der Waals surface area contributed by atoms with Crippen molar-refractivity contribution in [3.05, 3.63) is 63.6 Å². The summed E-state index contributed by atoms with van der Waals surface area (Å²) in [7, 11) is -3.28. The molecule has 0 saturated carbocycles. The molecule has 0 aromatic heterocycles. The van der Waals surface area contributed by atoms with E-state index in [-0.39, 0.29) is 16.2 Å². The first-order valence-corrected chi connectivity index (χ1v) is 8.23. The maximum Gasteiger partial charge on any atom is 0.194 e. The van der Waals surface area contributed by atoms with Crippen LogP contribution in [0.3, 0.4) is 0 Å². The van der Waals surface area contributed by atoms with Crippen LogP contribution in [0.5, 0.6) is 0 Å². The van der Waals surface area contributed by atoms with Crippen LogP contribution in [0.15, 0.2) is 47.4 Å². The second-order valence-corrected chi connectivity index (χ2v) is 7.11. The van der Waals surface area contributed by atoms with Crippen molar-refractivity contribution in [3.63, 3.8) is 0 Å². The molecule has 0 aliphatic rings. The van der Waals surface area contributed by atoms with Crippen molar-refractivity contribution in [1.82, 2.24) is 0 Å². The Morgan fingerprint density at radius 1 is 1.00 bits per heavy atom. The largest absolute Gasteiger partial charge is 0.289 e. The average molecular weight is 329 g/mol. The summed E-state index contributed by atoms with van der Waals surface area (Å²) >= 11 is 11.8. The standard InChI is InChI=1S/C14H10Cl2O3S/c1-20(18,19)11-5-2-9(3-6-11)14(17)12-8-10(15)4-7-13(12)16/h2-8H,1H3. The number of hydrogen-bond donors (Lipinski definition) is 0. The van der Waals surface area contributed by atoms with Crippen LogP contribution in [0.4, 0.5) is 0 Å². The van der Waals surface area contributed by atoms with Gasteiger partial charge in [0.1, 0.15) is 0 Å². The zero-order chi connectivity index (χ0) is 14.9. The lowest BCUT2D eigenvalue weighted by Gasteiger charge is -2.05. The number of carbonyl (C=O) groups is 1. The van der Waals surface area contributed by atoms with Gasteiger partial charge in [0, 0.05) is 22.4 Å². The number of benzene rings is 2. The molecular formula is C14H10Cl2O3S. The highest BCUT2D eigenvalue weighted by Crippen LogP contribution is 2.23. The molecular weight excluding hydrogens is 319 g/mol. The van der Waals surface area contributed by atoms with Gasteiger partial charge >= 0.3 is 0 Å². The number of sulfone groups is 1. The van der Waals surface area contributed by atoms with Crippen molar-refractivity contribution in [2.75, 3.05) is 6.26 Å². The summed E-state index contributed by atoms with van der Waals surface area (Å²) in [6.07, 6.45) is 1.11. The van der Waals surface area contributed by atoms with E-state index in [9.17, 15) is 13.2 Å². The second-order valence-electron chi connectivity index (χ2n) is 4.25. The van der Waals surface area contributed by atoms with Crippen LogP contribution >= 0.6 is 23.2 Å². The Morgan fingerprint density at radius 2 is 1.60 bits per heavy atom. The van der Waals surface area contributed by atoms with Gasteiger partial charge in [0.15, 0.2) is 15.6 Å². The van der Waals surface area contributed by atoms with Crippen LogP contribution in [-0.4, -0.2) is 20.5 Å². The third kappa shape index (κ3) is 3.20. The highest BCUT2D eigenvalue weighted by Gasteiger charge is 2.14. The van der Waals surface area contributed by atoms with Gasteiger partial charge in [-0.05, 0) is 42.5 Å². The number of ketones is 1. The van der Waals surface area contributed by atoms with Crippen LogP contribution in [0.2, 0.25) is 10.0 Å². The highest BCUT2D eigenvalue weighted by molar-refractivity contribution is 7.90. The second kappa shape index (κ2) is 5.56. The molecule has 0 aliphatic carbocycles. The monoisotopic (exact) mass is 328 g/mol. The fraction of sp³-hybridized carbons (Fsp3) is 0.0714. The van der Waals surface area contributed by atoms with E-state index < -0.39 is 9.84 Å². The van der Waals surface area contributed by atoms with Crippen molar-refractivity contribution < 1.29 is 13.2 Å². The maximum atomic E-state index is 12.3. The summed E-state index contributed by atoms with van der Waals surface area (Å²) < 4.78 is 22.7. The van der Waals surface area contributed by atoms with Gasteiger partial charge in [-0.25, -0.2) is 8.42 Å². The molecule has 0 fully saturated rings. The zero-order valence-electron chi connectivity index (χ0n) is 10.4. The fourth-order valence-electron chi connectivity index (χ4n) is 1.68. The molecule has 0 N–H and O–H groups in total. The first kappa shape index (κ1) is 15.0. The van der Waals surface area contributed by atoms with Gasteiger partial charge in [-0.3, -0.25) is 4.79 Å². The normalized spacial score (nSPS) is 11.3. The minimum atomic E-state index is -3.28. The average Bonchev–Trinajstić information content (AvgIpc) is 2.40. The molecule has 2 rings (SSSR count). The summed E-state index contributed by atoms with van der Waals surface area (Å²) in [4.78, 5) is 12.4. The fourth-order valence-corrected chi connectivity index (χ4v) is 2.69. The Hall–Kier alpha value is -1.36. The summed E-state index contributed by atoms with van der Waals surface area (Å²) in [5.41, 5.74) is 0.632. The first-order chi connectivity index (χ1) is 9.29. The van der Waals surface area contributed by atoms with Crippen LogP contribution < -0.4 is 0 Å². The first-order valence-electron chi connectivity index (χ1n) is 5.59. The van der Waals surface area contributed by atoms with Gasteiger partial charge < -0.3 is 0 Å². The van der Waals surface area contributed by atoms with E-state index in [0.29, 0.717) is 15.6 Å². The zero-order valence-corrected chi connectivity index (χ0v) is 12.8. The van der Waals surface area contributed by atoms with Crippen LogP contribution in [-0.2, 0) is 9.84 Å². The minimum Gasteiger partial charge on any atom is -0.289 e. The predicted molar refractivity (Wildman–Crippen MR) is 79.4 cm³/mol. The summed E-state index contributed by atoms with van der Waals surface area (Å²) in [6, 6.07) is 10.3. The molecule has 2 aromatic rings. The third-order valence-electron chi connectivity index (χ3n) is 2.72. The van der Waals surface area contributed by atoms with Gasteiger partial charge in [-0.1, -0.05) is 23.2 Å². The number of carbonyl (C=O) groups excluding carboxylic acids is 1. The Labute approximate surface area is 127 Å². The van der Waals surface area contributed by atoms with E-state index in [0.717, 1.165) is 6.26 Å². The Kier molecular flexibility index (Phi) is 4.18. The third-order valence-corrected chi connectivity index (χ3v) is 4.41. The quantitative estimate of drug-likeness (QED) is 0.808. The molecule has 3 nitrogen and oxygen atoms in total. The van der Waals surface area contributed by atoms with Crippen molar-refractivity contribution in [3.8, 4) is 0 Å². The number of halogens is 2. The molecule has 6 heteroatoms. The predicted octanol–water partition coefficient (Wildman–Crippen LogP) is 3.63.